The Morgan fingerprint density at radius 3 is 2.18 bits per heavy atom. The van der Waals surface area contributed by atoms with Gasteiger partial charge in [-0.1, -0.05) is 39.3 Å². The Kier molecular flexibility index (Phi) is 3.68. The Morgan fingerprint density at radius 2 is 1.82 bits per heavy atom. The number of nitrogens with zero attached hydrogens (tertiary/aromatic N) is 2. The molecule has 0 bridgehead atoms. The van der Waals surface area contributed by atoms with Crippen molar-refractivity contribution >= 4 is 22.3 Å². The molecule has 0 amide bonds. The van der Waals surface area contributed by atoms with Gasteiger partial charge < -0.3 is 9.34 Å². The van der Waals surface area contributed by atoms with Gasteiger partial charge >= 0.3 is 5.97 Å². The highest BCUT2D eigenvalue weighted by molar-refractivity contribution is 6.80. The van der Waals surface area contributed by atoms with Gasteiger partial charge in [0.1, 0.15) is 0 Å². The van der Waals surface area contributed by atoms with Gasteiger partial charge in [-0.25, -0.2) is 4.98 Å². The van der Waals surface area contributed by atoms with Crippen molar-refractivity contribution in [1.82, 2.24) is 9.22 Å². The molecular formula is C11H22N2O2Si2. The summed E-state index contributed by atoms with van der Waals surface area (Å²) >= 11 is 0. The highest BCUT2D eigenvalue weighted by atomic mass is 28.3. The SMILES string of the molecule is C[Si](C)(C)C(C(=O)O)c1cncn1[Si](C)(C)C. The van der Waals surface area contributed by atoms with Crippen LogP contribution in [-0.2, 0) is 4.79 Å². The monoisotopic (exact) mass is 270 g/mol. The minimum Gasteiger partial charge on any atom is -0.481 e. The quantitative estimate of drug-likeness (QED) is 0.856. The van der Waals surface area contributed by atoms with Crippen molar-refractivity contribution < 1.29 is 9.90 Å². The highest BCUT2D eigenvalue weighted by Gasteiger charge is 2.38. The Bertz CT molecular complexity index is 416. The molecule has 1 N–H and O–H groups in total. The normalized spacial score (nSPS) is 14.7. The lowest BCUT2D eigenvalue weighted by Gasteiger charge is -2.29. The lowest BCUT2D eigenvalue weighted by molar-refractivity contribution is -0.137. The number of carboxylic acids is 1. The van der Waals surface area contributed by atoms with Gasteiger partial charge in [-0.05, 0) is 0 Å². The van der Waals surface area contributed by atoms with Crippen molar-refractivity contribution in [2.24, 2.45) is 0 Å². The molecule has 0 aromatic carbocycles. The summed E-state index contributed by atoms with van der Waals surface area (Å²) in [5.41, 5.74) is 0.507. The molecule has 0 saturated carbocycles. The van der Waals surface area contributed by atoms with E-state index < -0.39 is 22.3 Å². The molecule has 0 saturated heterocycles. The smallest absolute Gasteiger partial charge is 0.309 e. The van der Waals surface area contributed by atoms with E-state index in [1.54, 1.807) is 12.5 Å². The van der Waals surface area contributed by atoms with Gasteiger partial charge in [-0.15, -0.1) is 0 Å². The van der Waals surface area contributed by atoms with Gasteiger partial charge in [-0.3, -0.25) is 4.79 Å². The summed E-state index contributed by atoms with van der Waals surface area (Å²) in [4.78, 5) is 15.7. The molecule has 4 nitrogen and oxygen atoms in total. The number of hydrogen-bond acceptors (Lipinski definition) is 2. The van der Waals surface area contributed by atoms with Gasteiger partial charge in [0.05, 0.1) is 19.9 Å². The molecule has 0 aliphatic rings. The minimum absolute atomic E-state index is 0.378. The third kappa shape index (κ3) is 3.07. The van der Waals surface area contributed by atoms with Crippen LogP contribution in [0.3, 0.4) is 0 Å². The first kappa shape index (κ1) is 14.2. The standard InChI is InChI=1S/C11H22N2O2Si2/c1-16(2,3)10(11(14)15)9-7-12-8-13(9)17(4,5)6/h7-8,10H,1-6H3,(H,14,15). The van der Waals surface area contributed by atoms with E-state index in [-0.39, 0.29) is 5.54 Å². The van der Waals surface area contributed by atoms with Gasteiger partial charge in [0.25, 0.3) is 0 Å². The van der Waals surface area contributed by atoms with Crippen LogP contribution in [0.1, 0.15) is 11.2 Å². The Hall–Kier alpha value is -0.886. The van der Waals surface area contributed by atoms with Crippen LogP contribution in [-0.4, -0.2) is 36.6 Å². The first-order valence-electron chi connectivity index (χ1n) is 5.80. The molecule has 0 aliphatic carbocycles. The summed E-state index contributed by atoms with van der Waals surface area (Å²) in [6.07, 6.45) is 3.52. The number of rotatable bonds is 4. The Morgan fingerprint density at radius 1 is 1.29 bits per heavy atom. The van der Waals surface area contributed by atoms with E-state index in [1.165, 1.54) is 0 Å². The highest BCUT2D eigenvalue weighted by Crippen LogP contribution is 2.28. The van der Waals surface area contributed by atoms with Gasteiger partial charge in [0.2, 0.25) is 0 Å². The van der Waals surface area contributed by atoms with Crippen molar-refractivity contribution in [3.63, 3.8) is 0 Å². The number of aliphatic carboxylic acids is 1. The van der Waals surface area contributed by atoms with Crippen LogP contribution < -0.4 is 0 Å². The summed E-state index contributed by atoms with van der Waals surface area (Å²) in [5, 5.41) is 9.48. The molecule has 1 aromatic heterocycles. The largest absolute Gasteiger partial charge is 0.481 e. The number of aromatic nitrogens is 2. The lowest BCUT2D eigenvalue weighted by atomic mass is 10.3. The van der Waals surface area contributed by atoms with E-state index in [0.717, 1.165) is 5.69 Å². The topological polar surface area (TPSA) is 55.1 Å². The second-order valence-corrected chi connectivity index (χ2v) is 16.6. The zero-order valence-electron chi connectivity index (χ0n) is 11.5. The maximum absolute atomic E-state index is 11.5. The average Bonchev–Trinajstić information content (AvgIpc) is 2.47. The molecule has 1 rings (SSSR count). The van der Waals surface area contributed by atoms with Crippen LogP contribution in [0.4, 0.5) is 0 Å². The van der Waals surface area contributed by atoms with Crippen LogP contribution in [0.5, 0.6) is 0 Å². The van der Waals surface area contributed by atoms with Crippen molar-refractivity contribution in [2.45, 2.75) is 44.8 Å². The lowest BCUT2D eigenvalue weighted by Crippen LogP contribution is -2.42. The summed E-state index contributed by atoms with van der Waals surface area (Å²) in [6, 6.07) is 0. The number of carbonyl (C=O) groups is 1. The molecule has 0 radical (unpaired) electrons. The second-order valence-electron chi connectivity index (χ2n) is 6.50. The predicted octanol–water partition coefficient (Wildman–Crippen LogP) is 2.61. The minimum atomic E-state index is -1.80. The fourth-order valence-corrected chi connectivity index (χ4v) is 5.37. The van der Waals surface area contributed by atoms with E-state index >= 15 is 0 Å². The van der Waals surface area contributed by atoms with E-state index in [0.29, 0.717) is 0 Å². The summed E-state index contributed by atoms with van der Waals surface area (Å²) < 4.78 is 2.12. The molecule has 6 heteroatoms. The van der Waals surface area contributed by atoms with E-state index in [2.05, 4.69) is 48.5 Å². The molecular weight excluding hydrogens is 248 g/mol. The summed E-state index contributed by atoms with van der Waals surface area (Å²) in [5.74, 6) is -0.718. The van der Waals surface area contributed by atoms with Gasteiger partial charge in [0, 0.05) is 11.9 Å². The van der Waals surface area contributed by atoms with Crippen molar-refractivity contribution in [2.75, 3.05) is 0 Å². The molecule has 0 fully saturated rings. The van der Waals surface area contributed by atoms with Crippen molar-refractivity contribution in [1.29, 1.82) is 0 Å². The van der Waals surface area contributed by atoms with E-state index in [4.69, 9.17) is 0 Å². The van der Waals surface area contributed by atoms with Crippen LogP contribution in [0.2, 0.25) is 39.3 Å². The first-order valence-corrected chi connectivity index (χ1v) is 12.8. The molecule has 96 valence electrons. The second kappa shape index (κ2) is 4.41. The third-order valence-electron chi connectivity index (χ3n) is 2.80. The van der Waals surface area contributed by atoms with Crippen LogP contribution >= 0.6 is 0 Å². The molecule has 0 aliphatic heterocycles. The first-order chi connectivity index (χ1) is 7.55. The average molecular weight is 270 g/mol. The van der Waals surface area contributed by atoms with Crippen molar-refractivity contribution in [3.05, 3.63) is 18.2 Å². The summed E-state index contributed by atoms with van der Waals surface area (Å²) in [7, 11) is -3.40. The van der Waals surface area contributed by atoms with Gasteiger partial charge in [0.15, 0.2) is 8.24 Å². The third-order valence-corrected chi connectivity index (χ3v) is 6.89. The van der Waals surface area contributed by atoms with E-state index in [9.17, 15) is 9.90 Å². The van der Waals surface area contributed by atoms with Gasteiger partial charge in [-0.2, -0.15) is 0 Å². The molecule has 1 heterocycles. The summed E-state index contributed by atoms with van der Waals surface area (Å²) in [6.45, 7) is 12.9. The molecule has 0 spiro atoms. The Balaban J connectivity index is 3.31. The van der Waals surface area contributed by atoms with Crippen LogP contribution in [0.15, 0.2) is 12.5 Å². The predicted molar refractivity (Wildman–Crippen MR) is 74.7 cm³/mol. The Labute approximate surface area is 105 Å². The zero-order valence-corrected chi connectivity index (χ0v) is 13.5. The van der Waals surface area contributed by atoms with Crippen LogP contribution in [0, 0.1) is 0 Å². The fraction of sp³-hybridized carbons (Fsp3) is 0.636. The fourth-order valence-electron chi connectivity index (χ4n) is 2.02. The molecule has 1 atom stereocenters. The number of carboxylic acid groups (broad SMARTS) is 1. The number of hydrogen-bond donors (Lipinski definition) is 1. The molecule has 17 heavy (non-hydrogen) atoms. The van der Waals surface area contributed by atoms with Crippen molar-refractivity contribution in [3.8, 4) is 0 Å². The maximum Gasteiger partial charge on any atom is 0.309 e. The molecule has 1 unspecified atom stereocenters. The van der Waals surface area contributed by atoms with Crippen LogP contribution in [0.25, 0.3) is 0 Å². The zero-order chi connectivity index (χ0) is 13.4. The number of imidazole rings is 1. The maximum atomic E-state index is 11.5. The molecule has 1 aromatic rings. The van der Waals surface area contributed by atoms with E-state index in [1.807, 2.05) is 0 Å².